The van der Waals surface area contributed by atoms with Crippen molar-refractivity contribution in [2.75, 3.05) is 24.7 Å². The second-order valence-corrected chi connectivity index (χ2v) is 15.7. The van der Waals surface area contributed by atoms with Crippen LogP contribution < -0.4 is 11.5 Å². The molecule has 7 heterocycles. The number of hydrogen-bond acceptors (Lipinski definition) is 18. The molecule has 24 heteroatoms. The third-order valence-corrected chi connectivity index (χ3v) is 10.5. The van der Waals surface area contributed by atoms with Gasteiger partial charge in [-0.2, -0.15) is 0 Å². The molecule has 3 saturated heterocycles. The van der Waals surface area contributed by atoms with Crippen molar-refractivity contribution in [3.63, 3.8) is 0 Å². The SMILES string of the molecule is Nc1ncnc2c1ncn2[C@@H]1O[C@@H]2CO[P@@](=O)(S)O[C@@H]3[C@H](O)[C@@H](CO[P@](=O)(S)O[C@@H]1[C@@H]2O)O[C@H]3n1cnc2c(N)ncnc21. The summed E-state index contributed by atoms with van der Waals surface area (Å²) in [5.74, 6) is 0.178. The molecule has 3 fully saturated rings. The van der Waals surface area contributed by atoms with E-state index in [1.165, 1.54) is 34.4 Å². The van der Waals surface area contributed by atoms with E-state index in [-0.39, 0.29) is 34.0 Å². The summed E-state index contributed by atoms with van der Waals surface area (Å²) in [7, 11) is 0. The zero-order valence-corrected chi connectivity index (χ0v) is 25.6. The van der Waals surface area contributed by atoms with Crippen LogP contribution in [0.3, 0.4) is 0 Å². The molecule has 10 atom stereocenters. The summed E-state index contributed by atoms with van der Waals surface area (Å²) in [4.78, 5) is 24.5. The van der Waals surface area contributed by atoms with Crippen LogP contribution in [0.25, 0.3) is 22.3 Å². The van der Waals surface area contributed by atoms with Crippen LogP contribution in [0.5, 0.6) is 0 Å². The highest BCUT2D eigenvalue weighted by molar-refractivity contribution is 8.44. The Bertz CT molecular complexity index is 1700. The van der Waals surface area contributed by atoms with Crippen LogP contribution in [-0.2, 0) is 36.7 Å². The maximum absolute atomic E-state index is 13.5. The molecule has 236 valence electrons. The first-order valence-corrected chi connectivity index (χ1v) is 18.2. The van der Waals surface area contributed by atoms with Crippen molar-refractivity contribution in [3.05, 3.63) is 25.3 Å². The van der Waals surface area contributed by atoms with Crippen LogP contribution in [0.4, 0.5) is 11.6 Å². The number of rotatable bonds is 2. The molecular weight excluding hydrogens is 666 g/mol. The first-order valence-electron chi connectivity index (χ1n) is 12.8. The first-order chi connectivity index (χ1) is 20.9. The highest BCUT2D eigenvalue weighted by Gasteiger charge is 2.53. The summed E-state index contributed by atoms with van der Waals surface area (Å²) in [5, 5.41) is 22.4. The Labute approximate surface area is 256 Å². The fraction of sp³-hybridized carbons (Fsp3) is 0.500. The van der Waals surface area contributed by atoms with E-state index in [0.29, 0.717) is 0 Å². The van der Waals surface area contributed by atoms with Gasteiger partial charge in [0, 0.05) is 0 Å². The van der Waals surface area contributed by atoms with E-state index in [4.69, 9.17) is 39.0 Å². The molecule has 0 amide bonds. The number of hydrogen-bond donors (Lipinski definition) is 6. The second kappa shape index (κ2) is 11.1. The lowest BCUT2D eigenvalue weighted by atomic mass is 10.1. The van der Waals surface area contributed by atoms with Gasteiger partial charge in [-0.15, -0.1) is 0 Å². The number of aromatic nitrogens is 8. The molecule has 20 nitrogen and oxygen atoms in total. The molecule has 4 aromatic heterocycles. The summed E-state index contributed by atoms with van der Waals surface area (Å²) in [5.41, 5.74) is 12.7. The maximum Gasteiger partial charge on any atom is 0.386 e. The van der Waals surface area contributed by atoms with E-state index in [1.54, 1.807) is 0 Å². The van der Waals surface area contributed by atoms with E-state index in [0.717, 1.165) is 0 Å². The molecule has 0 aromatic carbocycles. The highest BCUT2D eigenvalue weighted by Crippen LogP contribution is 2.60. The smallest absolute Gasteiger partial charge is 0.386 e. The van der Waals surface area contributed by atoms with Gasteiger partial charge in [0.05, 0.1) is 25.9 Å². The van der Waals surface area contributed by atoms with E-state index in [1.807, 2.05) is 0 Å². The Hall–Kier alpha value is -2.46. The predicted molar refractivity (Wildman–Crippen MR) is 154 cm³/mol. The van der Waals surface area contributed by atoms with Gasteiger partial charge in [0.25, 0.3) is 0 Å². The number of nitrogen functional groups attached to an aromatic ring is 2. The van der Waals surface area contributed by atoms with Gasteiger partial charge in [0.15, 0.2) is 35.4 Å². The molecule has 0 spiro atoms. The minimum absolute atomic E-state index is 0.0888. The number of nitrogens with two attached hydrogens (primary N) is 2. The van der Waals surface area contributed by atoms with Crippen molar-refractivity contribution in [2.45, 2.75) is 49.1 Å². The van der Waals surface area contributed by atoms with Gasteiger partial charge in [-0.1, -0.05) is 24.5 Å². The Morgan fingerprint density at radius 2 is 1.14 bits per heavy atom. The van der Waals surface area contributed by atoms with Crippen molar-refractivity contribution in [2.24, 2.45) is 0 Å². The summed E-state index contributed by atoms with van der Waals surface area (Å²) in [6.45, 7) is -9.69. The molecule has 0 unspecified atom stereocenters. The average Bonchev–Trinajstić information content (AvgIpc) is 3.73. The van der Waals surface area contributed by atoms with Crippen molar-refractivity contribution >= 4 is 72.1 Å². The van der Waals surface area contributed by atoms with Crippen molar-refractivity contribution < 1.29 is 46.9 Å². The Morgan fingerprint density at radius 3 is 1.55 bits per heavy atom. The summed E-state index contributed by atoms with van der Waals surface area (Å²) in [6, 6.07) is 0. The summed E-state index contributed by atoms with van der Waals surface area (Å²) in [6.07, 6.45) is -5.68. The van der Waals surface area contributed by atoms with Crippen LogP contribution in [0.1, 0.15) is 12.5 Å². The lowest BCUT2D eigenvalue weighted by Gasteiger charge is -2.26. The molecular formula is C20H24N10O10P2S2. The van der Waals surface area contributed by atoms with Gasteiger partial charge in [0.2, 0.25) is 0 Å². The topological polar surface area (TPSA) is 269 Å². The quantitative estimate of drug-likeness (QED) is 0.121. The third kappa shape index (κ3) is 5.27. The zero-order valence-electron chi connectivity index (χ0n) is 22.0. The van der Waals surface area contributed by atoms with Crippen molar-refractivity contribution in [1.82, 2.24) is 39.0 Å². The highest BCUT2D eigenvalue weighted by atomic mass is 32.7. The van der Waals surface area contributed by atoms with Gasteiger partial charge in [-0.25, -0.2) is 39.0 Å². The van der Waals surface area contributed by atoms with E-state index in [9.17, 15) is 19.3 Å². The standard InChI is InChI=1S/C20H24N10O10P2S2/c21-15-9-17(25-3-23-15)29(5-27-9)19-13-11(31)7(37-19)1-35-41(33,43)39-14-12(32)8(2-36-42(34,44)40-13)38-20(14)30-6-28-10-16(22)24-4-26-18(10)30/h3-8,11-14,19-20,31-32H,1-2H2,(H,33,43)(H,34,44)(H2,21,23,25)(H2,22,24,26)/t7-,8-,11-,12-,13-,14-,19-,20-,41-,42+/m1/s1. The molecule has 6 N–H and O–H groups in total. The fourth-order valence-corrected chi connectivity index (χ4v) is 8.12. The number of thiol groups is 2. The van der Waals surface area contributed by atoms with Gasteiger partial charge in [0.1, 0.15) is 60.3 Å². The van der Waals surface area contributed by atoms with Crippen LogP contribution >= 0.6 is 38.1 Å². The molecule has 44 heavy (non-hydrogen) atoms. The molecule has 7 rings (SSSR count). The number of imidazole rings is 2. The fourth-order valence-electron chi connectivity index (χ4n) is 5.20. The molecule has 4 bridgehead atoms. The number of anilines is 2. The Balaban J connectivity index is 1.22. The van der Waals surface area contributed by atoms with Gasteiger partial charge < -0.3 is 31.2 Å². The van der Waals surface area contributed by atoms with Crippen LogP contribution in [0.2, 0.25) is 0 Å². The monoisotopic (exact) mass is 690 g/mol. The average molecular weight is 691 g/mol. The minimum atomic E-state index is -4.30. The number of aliphatic hydroxyl groups is 2. The van der Waals surface area contributed by atoms with Crippen molar-refractivity contribution in [1.29, 1.82) is 0 Å². The molecule has 4 aromatic rings. The largest absolute Gasteiger partial charge is 0.387 e. The van der Waals surface area contributed by atoms with Crippen LogP contribution in [-0.4, -0.2) is 99.1 Å². The predicted octanol–water partition coefficient (Wildman–Crippen LogP) is 0.240. The molecule has 0 saturated carbocycles. The number of aliphatic hydroxyl groups excluding tert-OH is 2. The van der Waals surface area contributed by atoms with Crippen LogP contribution in [0.15, 0.2) is 25.3 Å². The van der Waals surface area contributed by atoms with E-state index in [2.05, 4.69) is 54.4 Å². The lowest BCUT2D eigenvalue weighted by Crippen LogP contribution is -2.37. The zero-order chi connectivity index (χ0) is 31.0. The van der Waals surface area contributed by atoms with E-state index >= 15 is 0 Å². The van der Waals surface area contributed by atoms with Gasteiger partial charge in [-0.05, 0) is 0 Å². The molecule has 3 aliphatic rings. The van der Waals surface area contributed by atoms with Gasteiger partial charge in [-0.3, -0.25) is 27.2 Å². The number of ether oxygens (including phenoxy) is 2. The van der Waals surface area contributed by atoms with Gasteiger partial charge >= 0.3 is 13.6 Å². The molecule has 0 radical (unpaired) electrons. The third-order valence-electron chi connectivity index (χ3n) is 7.26. The Kier molecular flexibility index (Phi) is 7.63. The minimum Gasteiger partial charge on any atom is -0.387 e. The normalized spacial score (nSPS) is 38.3. The summed E-state index contributed by atoms with van der Waals surface area (Å²) >= 11 is 8.18. The number of fused-ring (bicyclic) bond motifs is 6. The van der Waals surface area contributed by atoms with E-state index < -0.39 is 75.9 Å². The molecule has 3 aliphatic heterocycles. The molecule has 0 aliphatic carbocycles. The lowest BCUT2D eigenvalue weighted by molar-refractivity contribution is -0.0584. The maximum atomic E-state index is 13.5. The van der Waals surface area contributed by atoms with Crippen molar-refractivity contribution in [3.8, 4) is 0 Å². The first kappa shape index (κ1) is 30.2. The number of nitrogens with zero attached hydrogens (tertiary/aromatic N) is 8. The summed E-state index contributed by atoms with van der Waals surface area (Å²) < 4.78 is 64.1. The second-order valence-electron chi connectivity index (χ2n) is 9.95. The van der Waals surface area contributed by atoms with Crippen LogP contribution in [0, 0.1) is 0 Å². The Morgan fingerprint density at radius 1 is 0.727 bits per heavy atom.